The van der Waals surface area contributed by atoms with Crippen LogP contribution >= 0.6 is 0 Å². The van der Waals surface area contributed by atoms with Crippen LogP contribution in [0.5, 0.6) is 0 Å². The Morgan fingerprint density at radius 2 is 2.14 bits per heavy atom. The topological polar surface area (TPSA) is 64.2 Å². The van der Waals surface area contributed by atoms with Crippen LogP contribution in [0.1, 0.15) is 35.9 Å². The zero-order valence-corrected chi connectivity index (χ0v) is 12.7. The van der Waals surface area contributed by atoms with Gasteiger partial charge in [-0.15, -0.1) is 0 Å². The molecule has 0 amide bonds. The van der Waals surface area contributed by atoms with Crippen LogP contribution in [-0.4, -0.2) is 32.8 Å². The average molecular weight is 300 g/mol. The molecule has 2 aromatic heterocycles. The molecule has 1 aliphatic heterocycles. The Bertz CT molecular complexity index is 726. The van der Waals surface area contributed by atoms with Crippen molar-refractivity contribution in [1.29, 1.82) is 0 Å². The lowest BCUT2D eigenvalue weighted by molar-refractivity contribution is 0.0749. The maximum Gasteiger partial charge on any atom is 0.266 e. The van der Waals surface area contributed by atoms with E-state index >= 15 is 0 Å². The Labute approximate surface area is 128 Å². The first-order valence-corrected chi connectivity index (χ1v) is 7.88. The van der Waals surface area contributed by atoms with E-state index < -0.39 is 0 Å². The number of nitrogens with zero attached hydrogens (tertiary/aromatic N) is 4. The summed E-state index contributed by atoms with van der Waals surface area (Å²) in [5, 5.41) is 4.53. The maximum absolute atomic E-state index is 11.9. The summed E-state index contributed by atoms with van der Waals surface area (Å²) in [6.45, 7) is 5.44. The number of likely N-dealkylation sites (tertiary alicyclic amines) is 1. The van der Waals surface area contributed by atoms with Crippen molar-refractivity contribution in [1.82, 2.24) is 19.7 Å². The molecule has 2 aliphatic rings. The van der Waals surface area contributed by atoms with Crippen molar-refractivity contribution >= 4 is 0 Å². The molecular formula is C16H20N4O2. The summed E-state index contributed by atoms with van der Waals surface area (Å²) < 4.78 is 6.87. The van der Waals surface area contributed by atoms with Gasteiger partial charge in [0.1, 0.15) is 5.76 Å². The zero-order valence-electron chi connectivity index (χ0n) is 12.7. The van der Waals surface area contributed by atoms with Crippen LogP contribution in [0, 0.1) is 12.8 Å². The largest absolute Gasteiger partial charge is 0.448 e. The maximum atomic E-state index is 11.9. The molecular weight excluding hydrogens is 280 g/mol. The van der Waals surface area contributed by atoms with Crippen molar-refractivity contribution < 1.29 is 4.42 Å². The fraction of sp³-hybridized carbons (Fsp3) is 0.562. The van der Waals surface area contributed by atoms with Gasteiger partial charge >= 0.3 is 0 Å². The summed E-state index contributed by atoms with van der Waals surface area (Å²) in [6, 6.07) is 3.55. The summed E-state index contributed by atoms with van der Waals surface area (Å²) in [5.74, 6) is 1.96. The SMILES string of the molecule is Cc1ocnc1CN1CC(Cn2nc(C3CC3)ccc2=O)C1. The van der Waals surface area contributed by atoms with Gasteiger partial charge in [-0.1, -0.05) is 0 Å². The second-order valence-electron chi connectivity index (χ2n) is 6.47. The molecule has 2 aromatic rings. The number of aromatic nitrogens is 3. The highest BCUT2D eigenvalue weighted by Gasteiger charge is 2.29. The number of aryl methyl sites for hydroxylation is 1. The van der Waals surface area contributed by atoms with E-state index in [-0.39, 0.29) is 5.56 Å². The number of hydrogen-bond acceptors (Lipinski definition) is 5. The van der Waals surface area contributed by atoms with E-state index in [1.165, 1.54) is 19.2 Å². The minimum absolute atomic E-state index is 0.00944. The Morgan fingerprint density at radius 3 is 2.82 bits per heavy atom. The summed E-state index contributed by atoms with van der Waals surface area (Å²) in [5.41, 5.74) is 2.09. The molecule has 0 unspecified atom stereocenters. The molecule has 6 nitrogen and oxygen atoms in total. The van der Waals surface area contributed by atoms with Crippen LogP contribution in [-0.2, 0) is 13.1 Å². The summed E-state index contributed by atoms with van der Waals surface area (Å²) in [7, 11) is 0. The van der Waals surface area contributed by atoms with Crippen molar-refractivity contribution in [2.75, 3.05) is 13.1 Å². The van der Waals surface area contributed by atoms with Gasteiger partial charge in [0, 0.05) is 37.5 Å². The fourth-order valence-corrected chi connectivity index (χ4v) is 3.05. The normalized spacial score (nSPS) is 19.3. The highest BCUT2D eigenvalue weighted by molar-refractivity contribution is 5.12. The van der Waals surface area contributed by atoms with Crippen LogP contribution < -0.4 is 5.56 Å². The Balaban J connectivity index is 1.35. The van der Waals surface area contributed by atoms with Crippen LogP contribution in [0.25, 0.3) is 0 Å². The molecule has 1 saturated carbocycles. The first kappa shape index (κ1) is 13.7. The summed E-state index contributed by atoms with van der Waals surface area (Å²) in [6.07, 6.45) is 3.91. The predicted octanol–water partition coefficient (Wildman–Crippen LogP) is 1.55. The minimum Gasteiger partial charge on any atom is -0.448 e. The van der Waals surface area contributed by atoms with E-state index in [1.807, 2.05) is 13.0 Å². The van der Waals surface area contributed by atoms with E-state index in [0.717, 1.165) is 36.8 Å². The van der Waals surface area contributed by atoms with Gasteiger partial charge in [0.2, 0.25) is 0 Å². The van der Waals surface area contributed by atoms with E-state index in [0.29, 0.717) is 18.4 Å². The molecule has 0 spiro atoms. The summed E-state index contributed by atoms with van der Waals surface area (Å²) in [4.78, 5) is 18.5. The molecule has 0 radical (unpaired) electrons. The van der Waals surface area contributed by atoms with Crippen molar-refractivity contribution in [3.63, 3.8) is 0 Å². The van der Waals surface area contributed by atoms with Gasteiger partial charge in [-0.05, 0) is 25.8 Å². The predicted molar refractivity (Wildman–Crippen MR) is 80.5 cm³/mol. The third kappa shape index (κ3) is 2.70. The average Bonchev–Trinajstić information content (AvgIpc) is 3.23. The van der Waals surface area contributed by atoms with Crippen molar-refractivity contribution in [2.24, 2.45) is 5.92 Å². The van der Waals surface area contributed by atoms with Crippen LogP contribution in [0.2, 0.25) is 0 Å². The molecule has 6 heteroatoms. The molecule has 0 atom stereocenters. The third-order valence-electron chi connectivity index (χ3n) is 4.56. The van der Waals surface area contributed by atoms with Gasteiger partial charge in [0.15, 0.2) is 6.39 Å². The standard InChI is InChI=1S/C16H20N4O2/c1-11-15(17-10-22-11)9-19-6-12(7-19)8-20-16(21)5-4-14(18-20)13-2-3-13/h4-5,10,12-13H,2-3,6-9H2,1H3. The van der Waals surface area contributed by atoms with E-state index in [1.54, 1.807) is 10.7 Å². The van der Waals surface area contributed by atoms with Crippen LogP contribution in [0.15, 0.2) is 27.7 Å². The van der Waals surface area contributed by atoms with Gasteiger partial charge in [0.25, 0.3) is 5.56 Å². The van der Waals surface area contributed by atoms with Crippen molar-refractivity contribution in [2.45, 2.75) is 38.8 Å². The quantitative estimate of drug-likeness (QED) is 0.838. The molecule has 0 bridgehead atoms. The molecule has 4 rings (SSSR count). The zero-order chi connectivity index (χ0) is 15.1. The van der Waals surface area contributed by atoms with Gasteiger partial charge in [0.05, 0.1) is 17.9 Å². The lowest BCUT2D eigenvalue weighted by atomic mass is 10.00. The second-order valence-corrected chi connectivity index (χ2v) is 6.47. The summed E-state index contributed by atoms with van der Waals surface area (Å²) >= 11 is 0. The van der Waals surface area contributed by atoms with E-state index in [2.05, 4.69) is 15.0 Å². The molecule has 2 fully saturated rings. The smallest absolute Gasteiger partial charge is 0.266 e. The number of rotatable bonds is 5. The highest BCUT2D eigenvalue weighted by Crippen LogP contribution is 2.38. The Hall–Kier alpha value is -1.95. The van der Waals surface area contributed by atoms with E-state index in [4.69, 9.17) is 4.42 Å². The van der Waals surface area contributed by atoms with Gasteiger partial charge in [-0.25, -0.2) is 9.67 Å². The van der Waals surface area contributed by atoms with Crippen molar-refractivity contribution in [3.8, 4) is 0 Å². The lowest BCUT2D eigenvalue weighted by Gasteiger charge is -2.38. The van der Waals surface area contributed by atoms with Crippen LogP contribution in [0.3, 0.4) is 0 Å². The minimum atomic E-state index is 0.00944. The second kappa shape index (κ2) is 5.35. The Kier molecular flexibility index (Phi) is 3.33. The molecule has 0 N–H and O–H groups in total. The fourth-order valence-electron chi connectivity index (χ4n) is 3.05. The lowest BCUT2D eigenvalue weighted by Crippen LogP contribution is -2.49. The molecule has 0 aromatic carbocycles. The molecule has 1 aliphatic carbocycles. The molecule has 3 heterocycles. The third-order valence-corrected chi connectivity index (χ3v) is 4.56. The van der Waals surface area contributed by atoms with Gasteiger partial charge in [-0.3, -0.25) is 9.69 Å². The molecule has 22 heavy (non-hydrogen) atoms. The van der Waals surface area contributed by atoms with E-state index in [9.17, 15) is 4.79 Å². The monoisotopic (exact) mass is 300 g/mol. The molecule has 116 valence electrons. The highest BCUT2D eigenvalue weighted by atomic mass is 16.3. The number of oxazole rings is 1. The Morgan fingerprint density at radius 1 is 1.32 bits per heavy atom. The molecule has 1 saturated heterocycles. The van der Waals surface area contributed by atoms with Crippen LogP contribution in [0.4, 0.5) is 0 Å². The first-order chi connectivity index (χ1) is 10.7. The van der Waals surface area contributed by atoms with Gasteiger partial charge < -0.3 is 4.42 Å². The van der Waals surface area contributed by atoms with Crippen molar-refractivity contribution in [3.05, 3.63) is 46.0 Å². The first-order valence-electron chi connectivity index (χ1n) is 7.88. The van der Waals surface area contributed by atoms with Gasteiger partial charge in [-0.2, -0.15) is 5.10 Å². The number of hydrogen-bond donors (Lipinski definition) is 0.